The fourth-order valence-electron chi connectivity index (χ4n) is 9.43. The lowest BCUT2D eigenvalue weighted by Crippen LogP contribution is -2.03. The molecular formula is C56H33N3O2. The van der Waals surface area contributed by atoms with Gasteiger partial charge in [-0.2, -0.15) is 0 Å². The predicted molar refractivity (Wildman–Crippen MR) is 250 cm³/mol. The fraction of sp³-hybridized carbons (Fsp3) is 0. The molecule has 0 N–H and O–H groups in total. The third-order valence-electron chi connectivity index (χ3n) is 12.2. The van der Waals surface area contributed by atoms with Crippen LogP contribution in [-0.4, -0.2) is 14.5 Å². The van der Waals surface area contributed by atoms with Gasteiger partial charge in [-0.15, -0.1) is 0 Å². The van der Waals surface area contributed by atoms with Crippen LogP contribution in [0.5, 0.6) is 0 Å². The van der Waals surface area contributed by atoms with Crippen molar-refractivity contribution in [3.05, 3.63) is 200 Å². The molecule has 5 nitrogen and oxygen atoms in total. The molecule has 0 aliphatic rings. The summed E-state index contributed by atoms with van der Waals surface area (Å²) in [6, 6.07) is 70.2. The maximum absolute atomic E-state index is 6.52. The summed E-state index contributed by atoms with van der Waals surface area (Å²) in [5, 5.41) is 9.12. The van der Waals surface area contributed by atoms with E-state index in [1.165, 1.54) is 16.2 Å². The highest BCUT2D eigenvalue weighted by atomic mass is 16.3. The summed E-state index contributed by atoms with van der Waals surface area (Å²) < 4.78 is 15.2. The van der Waals surface area contributed by atoms with Crippen molar-refractivity contribution in [2.24, 2.45) is 0 Å². The van der Waals surface area contributed by atoms with Crippen molar-refractivity contribution in [2.45, 2.75) is 0 Å². The van der Waals surface area contributed by atoms with Crippen molar-refractivity contribution in [1.29, 1.82) is 0 Å². The SMILES string of the molecule is c1ccc(-c2nc(-c3ccc4c(c3)oc3ccccc34)cc(-n3c4ccc5ccccc5c4c4cccc(-c5cccc(-c6cccc7c6oc6ccccc67)c5)c43)n2)cc1. The van der Waals surface area contributed by atoms with Gasteiger partial charge in [-0.05, 0) is 58.3 Å². The zero-order chi connectivity index (χ0) is 40.0. The van der Waals surface area contributed by atoms with Crippen LogP contribution in [0.25, 0.3) is 127 Å². The van der Waals surface area contributed by atoms with E-state index in [0.717, 1.165) is 105 Å². The van der Waals surface area contributed by atoms with Gasteiger partial charge in [0.1, 0.15) is 28.1 Å². The van der Waals surface area contributed by atoms with Gasteiger partial charge < -0.3 is 8.83 Å². The summed E-state index contributed by atoms with van der Waals surface area (Å²) in [6.45, 7) is 0. The molecule has 61 heavy (non-hydrogen) atoms. The summed E-state index contributed by atoms with van der Waals surface area (Å²) in [5.41, 5.74) is 12.6. The van der Waals surface area contributed by atoms with Crippen molar-refractivity contribution in [2.75, 3.05) is 0 Å². The van der Waals surface area contributed by atoms with Gasteiger partial charge in [-0.1, -0.05) is 158 Å². The number of nitrogens with zero attached hydrogens (tertiary/aromatic N) is 3. The highest BCUT2D eigenvalue weighted by molar-refractivity contribution is 6.23. The summed E-state index contributed by atoms with van der Waals surface area (Å²) in [5.74, 6) is 1.42. The second-order valence-corrected chi connectivity index (χ2v) is 15.7. The summed E-state index contributed by atoms with van der Waals surface area (Å²) in [4.78, 5) is 10.7. The summed E-state index contributed by atoms with van der Waals surface area (Å²) >= 11 is 0. The number of rotatable bonds is 5. The first kappa shape index (κ1) is 33.7. The largest absolute Gasteiger partial charge is 0.456 e. The monoisotopic (exact) mass is 779 g/mol. The Balaban J connectivity index is 1.08. The van der Waals surface area contributed by atoms with E-state index in [-0.39, 0.29) is 0 Å². The smallest absolute Gasteiger partial charge is 0.162 e. The van der Waals surface area contributed by atoms with E-state index in [4.69, 9.17) is 18.8 Å². The number of aromatic nitrogens is 3. The maximum atomic E-state index is 6.52. The lowest BCUT2D eigenvalue weighted by molar-refractivity contribution is 0.669. The van der Waals surface area contributed by atoms with Crippen LogP contribution < -0.4 is 0 Å². The Bertz CT molecular complexity index is 3890. The number of fused-ring (bicyclic) bond motifs is 11. The third kappa shape index (κ3) is 5.21. The standard InChI is InChI=1S/C56H33N3O2/c1-2-14-35(15-3-1)56-57-47(38-27-29-44-42-19-6-8-25-49(42)60-51(44)32-38)33-52(58-56)59-48-30-28-34-13-4-5-18-39(34)53(48)46-24-11-21-40(54(46)59)36-16-10-17-37(31-36)41-22-12-23-45-43-20-7-9-26-50(43)61-55(41)45/h1-33H. The molecule has 0 saturated carbocycles. The van der Waals surface area contributed by atoms with Crippen molar-refractivity contribution >= 4 is 76.5 Å². The molecule has 0 fully saturated rings. The van der Waals surface area contributed by atoms with Gasteiger partial charge in [0.15, 0.2) is 5.82 Å². The van der Waals surface area contributed by atoms with Gasteiger partial charge in [-0.25, -0.2) is 9.97 Å². The van der Waals surface area contributed by atoms with Crippen molar-refractivity contribution in [3.63, 3.8) is 0 Å². The maximum Gasteiger partial charge on any atom is 0.162 e. The van der Waals surface area contributed by atoms with E-state index < -0.39 is 0 Å². The van der Waals surface area contributed by atoms with Gasteiger partial charge in [0.2, 0.25) is 0 Å². The van der Waals surface area contributed by atoms with Crippen LogP contribution in [0.15, 0.2) is 209 Å². The molecule has 4 aromatic heterocycles. The number of benzene rings is 9. The van der Waals surface area contributed by atoms with Crippen LogP contribution in [0.4, 0.5) is 0 Å². The first-order valence-corrected chi connectivity index (χ1v) is 20.6. The minimum Gasteiger partial charge on any atom is -0.456 e. The van der Waals surface area contributed by atoms with Crippen LogP contribution in [0.3, 0.4) is 0 Å². The van der Waals surface area contributed by atoms with Crippen LogP contribution in [0, 0.1) is 0 Å². The molecule has 0 unspecified atom stereocenters. The molecule has 0 radical (unpaired) electrons. The zero-order valence-corrected chi connectivity index (χ0v) is 32.7. The summed E-state index contributed by atoms with van der Waals surface area (Å²) in [6.07, 6.45) is 0. The minimum absolute atomic E-state index is 0.645. The van der Waals surface area contributed by atoms with E-state index >= 15 is 0 Å². The number of para-hydroxylation sites is 4. The van der Waals surface area contributed by atoms with Gasteiger partial charge in [0.05, 0.1) is 16.7 Å². The van der Waals surface area contributed by atoms with E-state index in [1.807, 2.05) is 42.5 Å². The Morgan fingerprint density at radius 1 is 0.377 bits per heavy atom. The molecule has 0 bridgehead atoms. The predicted octanol–water partition coefficient (Wildman–Crippen LogP) is 15.2. The molecule has 0 atom stereocenters. The number of hydrogen-bond acceptors (Lipinski definition) is 4. The quantitative estimate of drug-likeness (QED) is 0.175. The Kier molecular flexibility index (Phi) is 7.24. The Hall–Kier alpha value is -8.28. The van der Waals surface area contributed by atoms with Crippen molar-refractivity contribution in [1.82, 2.24) is 14.5 Å². The molecule has 9 aromatic carbocycles. The molecule has 0 aliphatic carbocycles. The topological polar surface area (TPSA) is 57.0 Å². The third-order valence-corrected chi connectivity index (χ3v) is 12.2. The molecule has 13 rings (SSSR count). The first-order chi connectivity index (χ1) is 30.2. The zero-order valence-electron chi connectivity index (χ0n) is 32.7. The van der Waals surface area contributed by atoms with E-state index in [1.54, 1.807) is 0 Å². The lowest BCUT2D eigenvalue weighted by Gasteiger charge is -2.14. The molecule has 4 heterocycles. The van der Waals surface area contributed by atoms with E-state index in [2.05, 4.69) is 162 Å². The van der Waals surface area contributed by atoms with Crippen LogP contribution in [0.1, 0.15) is 0 Å². The second-order valence-electron chi connectivity index (χ2n) is 15.7. The van der Waals surface area contributed by atoms with Gasteiger partial charge in [-0.3, -0.25) is 4.57 Å². The van der Waals surface area contributed by atoms with Gasteiger partial charge >= 0.3 is 0 Å². The Labute approximate surface area is 349 Å². The van der Waals surface area contributed by atoms with Crippen LogP contribution >= 0.6 is 0 Å². The molecule has 5 heteroatoms. The number of furan rings is 2. The minimum atomic E-state index is 0.645. The molecule has 284 valence electrons. The highest BCUT2D eigenvalue weighted by Crippen LogP contribution is 2.43. The molecule has 0 saturated heterocycles. The van der Waals surface area contributed by atoms with E-state index in [0.29, 0.717) is 5.82 Å². The first-order valence-electron chi connectivity index (χ1n) is 20.6. The molecular weight excluding hydrogens is 747 g/mol. The van der Waals surface area contributed by atoms with Gasteiger partial charge in [0, 0.05) is 60.6 Å². The Morgan fingerprint density at radius 2 is 1.02 bits per heavy atom. The van der Waals surface area contributed by atoms with E-state index in [9.17, 15) is 0 Å². The van der Waals surface area contributed by atoms with Crippen molar-refractivity contribution < 1.29 is 8.83 Å². The van der Waals surface area contributed by atoms with Crippen molar-refractivity contribution in [3.8, 4) is 50.7 Å². The molecule has 0 aliphatic heterocycles. The van der Waals surface area contributed by atoms with Crippen LogP contribution in [0.2, 0.25) is 0 Å². The normalized spacial score (nSPS) is 11.9. The number of hydrogen-bond donors (Lipinski definition) is 0. The summed E-state index contributed by atoms with van der Waals surface area (Å²) in [7, 11) is 0. The second kappa shape index (κ2) is 13.1. The average Bonchev–Trinajstić information content (AvgIpc) is 4.01. The van der Waals surface area contributed by atoms with Crippen LogP contribution in [-0.2, 0) is 0 Å². The molecule has 0 amide bonds. The average molecular weight is 780 g/mol. The molecule has 13 aromatic rings. The highest BCUT2D eigenvalue weighted by Gasteiger charge is 2.22. The Morgan fingerprint density at radius 3 is 1.87 bits per heavy atom. The molecule has 0 spiro atoms. The van der Waals surface area contributed by atoms with Gasteiger partial charge in [0.25, 0.3) is 0 Å². The lowest BCUT2D eigenvalue weighted by atomic mass is 9.96. The fourth-order valence-corrected chi connectivity index (χ4v) is 9.43.